The molecule has 2 nitrogen and oxygen atoms in total. The van der Waals surface area contributed by atoms with E-state index in [4.69, 9.17) is 27.9 Å². The van der Waals surface area contributed by atoms with Crippen LogP contribution in [0.4, 0.5) is 5.69 Å². The number of alkyl halides is 2. The topological polar surface area (TPSA) is 21.3 Å². The lowest BCUT2D eigenvalue weighted by Crippen LogP contribution is -2.03. The largest absolute Gasteiger partial charge is 0.490 e. The zero-order chi connectivity index (χ0) is 14.8. The Morgan fingerprint density at radius 2 is 1.55 bits per heavy atom. The Balaban J connectivity index is 2.52. The number of halogens is 4. The second kappa shape index (κ2) is 11.0. The van der Waals surface area contributed by atoms with Gasteiger partial charge in [-0.3, -0.25) is 0 Å². The van der Waals surface area contributed by atoms with E-state index in [1.807, 2.05) is 12.1 Å². The minimum Gasteiger partial charge on any atom is -0.490 e. The van der Waals surface area contributed by atoms with E-state index in [9.17, 15) is 0 Å². The van der Waals surface area contributed by atoms with Crippen LogP contribution < -0.4 is 10.1 Å². The predicted molar refractivity (Wildman–Crippen MR) is 96.5 cm³/mol. The van der Waals surface area contributed by atoms with Crippen LogP contribution in [0.25, 0.3) is 0 Å². The maximum absolute atomic E-state index is 6.22. The molecule has 0 bridgehead atoms. The summed E-state index contributed by atoms with van der Waals surface area (Å²) >= 11 is 19.2. The summed E-state index contributed by atoms with van der Waals surface area (Å²) in [7, 11) is 0. The molecule has 0 saturated carbocycles. The quantitative estimate of drug-likeness (QED) is 0.344. The molecule has 1 rings (SSSR count). The van der Waals surface area contributed by atoms with Gasteiger partial charge in [0, 0.05) is 22.9 Å². The Hall–Kier alpha value is 0.360. The summed E-state index contributed by atoms with van der Waals surface area (Å²) in [5.41, 5.74) is 0.933. The number of ether oxygens (including phenoxy) is 1. The molecule has 1 aromatic carbocycles. The number of anilines is 1. The van der Waals surface area contributed by atoms with Crippen LogP contribution in [0.5, 0.6) is 5.75 Å². The molecular formula is C14H19Br2Cl2NO. The molecule has 0 aromatic heterocycles. The summed E-state index contributed by atoms with van der Waals surface area (Å²) < 4.78 is 5.65. The highest BCUT2D eigenvalue weighted by Crippen LogP contribution is 2.36. The van der Waals surface area contributed by atoms with Crippen molar-refractivity contribution in [3.05, 3.63) is 22.2 Å². The summed E-state index contributed by atoms with van der Waals surface area (Å²) in [6.07, 6.45) is 4.29. The zero-order valence-corrected chi connectivity index (χ0v) is 15.9. The van der Waals surface area contributed by atoms with Crippen LogP contribution in [-0.4, -0.2) is 23.8 Å². The third-order valence-corrected chi connectivity index (χ3v) is 4.35. The molecule has 20 heavy (non-hydrogen) atoms. The van der Waals surface area contributed by atoms with Crippen LogP contribution in [0.3, 0.4) is 0 Å². The van der Waals surface area contributed by atoms with Crippen LogP contribution in [0.15, 0.2) is 12.1 Å². The average Bonchev–Trinajstić information content (AvgIpc) is 2.42. The highest BCUT2D eigenvalue weighted by Gasteiger charge is 2.09. The van der Waals surface area contributed by atoms with E-state index >= 15 is 0 Å². The van der Waals surface area contributed by atoms with Gasteiger partial charge in [0.15, 0.2) is 5.75 Å². The van der Waals surface area contributed by atoms with Gasteiger partial charge >= 0.3 is 0 Å². The van der Waals surface area contributed by atoms with Crippen molar-refractivity contribution in [3.63, 3.8) is 0 Å². The van der Waals surface area contributed by atoms with Crippen molar-refractivity contribution in [3.8, 4) is 5.75 Å². The van der Waals surface area contributed by atoms with E-state index in [-0.39, 0.29) is 0 Å². The lowest BCUT2D eigenvalue weighted by atomic mass is 10.2. The maximum atomic E-state index is 6.22. The van der Waals surface area contributed by atoms with Crippen molar-refractivity contribution >= 4 is 60.7 Å². The molecule has 0 radical (unpaired) electrons. The number of benzene rings is 1. The van der Waals surface area contributed by atoms with Crippen molar-refractivity contribution in [2.75, 3.05) is 29.1 Å². The predicted octanol–water partition coefficient (Wildman–Crippen LogP) is 6.13. The fourth-order valence-electron chi connectivity index (χ4n) is 1.62. The van der Waals surface area contributed by atoms with Crippen LogP contribution in [-0.2, 0) is 0 Å². The van der Waals surface area contributed by atoms with E-state index in [1.54, 1.807) is 0 Å². The molecule has 0 aliphatic carbocycles. The first-order valence-corrected chi connectivity index (χ1v) is 9.66. The van der Waals surface area contributed by atoms with Crippen molar-refractivity contribution in [1.82, 2.24) is 0 Å². The molecule has 6 heteroatoms. The summed E-state index contributed by atoms with van der Waals surface area (Å²) in [4.78, 5) is 0. The third kappa shape index (κ3) is 6.88. The second-order valence-electron chi connectivity index (χ2n) is 4.34. The summed E-state index contributed by atoms with van der Waals surface area (Å²) in [6, 6.07) is 3.72. The number of hydrogen-bond donors (Lipinski definition) is 1. The number of unbranched alkanes of at least 4 members (excludes halogenated alkanes) is 2. The monoisotopic (exact) mass is 445 g/mol. The standard InChI is InChI=1S/C14H19Br2Cl2NO/c15-5-1-3-7-19-11-9-12(17)14(13(18)10-11)20-8-4-2-6-16/h9-10,19H,1-8H2. The Kier molecular flexibility index (Phi) is 10.1. The fourth-order valence-corrected chi connectivity index (χ4v) is 3.01. The van der Waals surface area contributed by atoms with Crippen molar-refractivity contribution in [2.24, 2.45) is 0 Å². The second-order valence-corrected chi connectivity index (χ2v) is 6.74. The lowest BCUT2D eigenvalue weighted by molar-refractivity contribution is 0.310. The number of nitrogens with one attached hydrogen (secondary N) is 1. The SMILES string of the molecule is Clc1cc(NCCCCBr)cc(Cl)c1OCCCCBr. The summed E-state index contributed by atoms with van der Waals surface area (Å²) in [6.45, 7) is 1.53. The van der Waals surface area contributed by atoms with E-state index < -0.39 is 0 Å². The van der Waals surface area contributed by atoms with Crippen molar-refractivity contribution in [1.29, 1.82) is 0 Å². The molecular weight excluding hydrogens is 429 g/mol. The normalized spacial score (nSPS) is 10.6. The van der Waals surface area contributed by atoms with Crippen molar-refractivity contribution in [2.45, 2.75) is 25.7 Å². The Morgan fingerprint density at radius 3 is 2.15 bits per heavy atom. The van der Waals surface area contributed by atoms with Gasteiger partial charge in [0.25, 0.3) is 0 Å². The van der Waals surface area contributed by atoms with Crippen LogP contribution in [0.2, 0.25) is 10.0 Å². The van der Waals surface area contributed by atoms with Crippen molar-refractivity contribution < 1.29 is 4.74 Å². The van der Waals surface area contributed by atoms with E-state index in [1.165, 1.54) is 0 Å². The molecule has 0 aliphatic heterocycles. The van der Waals surface area contributed by atoms with E-state index in [0.29, 0.717) is 22.4 Å². The summed E-state index contributed by atoms with van der Waals surface area (Å²) in [5, 5.41) is 6.43. The van der Waals surface area contributed by atoms with E-state index in [0.717, 1.165) is 48.6 Å². The molecule has 0 saturated heterocycles. The Bertz CT molecular complexity index is 382. The highest BCUT2D eigenvalue weighted by atomic mass is 79.9. The van der Waals surface area contributed by atoms with Gasteiger partial charge < -0.3 is 10.1 Å². The first-order valence-electron chi connectivity index (χ1n) is 6.66. The summed E-state index contributed by atoms with van der Waals surface area (Å²) in [5.74, 6) is 0.578. The van der Waals surface area contributed by atoms with Gasteiger partial charge in [0.2, 0.25) is 0 Å². The molecule has 0 amide bonds. The molecule has 0 fully saturated rings. The highest BCUT2D eigenvalue weighted by molar-refractivity contribution is 9.09. The maximum Gasteiger partial charge on any atom is 0.156 e. The number of hydrogen-bond acceptors (Lipinski definition) is 2. The van der Waals surface area contributed by atoms with Crippen LogP contribution in [0, 0.1) is 0 Å². The number of rotatable bonds is 10. The molecule has 1 N–H and O–H groups in total. The smallest absolute Gasteiger partial charge is 0.156 e. The molecule has 0 spiro atoms. The van der Waals surface area contributed by atoms with Gasteiger partial charge in [-0.2, -0.15) is 0 Å². The van der Waals surface area contributed by atoms with Gasteiger partial charge in [0.1, 0.15) is 0 Å². The molecule has 114 valence electrons. The molecule has 1 aromatic rings. The van der Waals surface area contributed by atoms with Crippen LogP contribution >= 0.6 is 55.1 Å². The Labute approximate surface area is 147 Å². The lowest BCUT2D eigenvalue weighted by Gasteiger charge is -2.13. The first-order chi connectivity index (χ1) is 9.69. The average molecular weight is 448 g/mol. The van der Waals surface area contributed by atoms with Crippen LogP contribution in [0.1, 0.15) is 25.7 Å². The van der Waals surface area contributed by atoms with Gasteiger partial charge in [-0.1, -0.05) is 55.1 Å². The van der Waals surface area contributed by atoms with E-state index in [2.05, 4.69) is 37.2 Å². The molecule has 0 unspecified atom stereocenters. The minimum atomic E-state index is 0.555. The van der Waals surface area contributed by atoms with Gasteiger partial charge in [-0.25, -0.2) is 0 Å². The molecule has 0 heterocycles. The van der Waals surface area contributed by atoms with Gasteiger partial charge in [0.05, 0.1) is 16.7 Å². The Morgan fingerprint density at radius 1 is 0.950 bits per heavy atom. The van der Waals surface area contributed by atoms with Gasteiger partial charge in [-0.05, 0) is 37.8 Å². The zero-order valence-electron chi connectivity index (χ0n) is 11.2. The van der Waals surface area contributed by atoms with Gasteiger partial charge in [-0.15, -0.1) is 0 Å². The molecule has 0 atom stereocenters. The first kappa shape index (κ1) is 18.4. The minimum absolute atomic E-state index is 0.555. The fraction of sp³-hybridized carbons (Fsp3) is 0.571. The third-order valence-electron chi connectivity index (χ3n) is 2.66. The molecule has 0 aliphatic rings.